The molecule has 0 radical (unpaired) electrons. The van der Waals surface area contributed by atoms with Crippen LogP contribution in [0.25, 0.3) is 0 Å². The molecule has 0 bridgehead atoms. The smallest absolute Gasteiger partial charge is 0.157 e. The van der Waals surface area contributed by atoms with Crippen LogP contribution in [0, 0.1) is 5.92 Å². The van der Waals surface area contributed by atoms with Crippen molar-refractivity contribution in [2.75, 3.05) is 5.75 Å². The minimum Gasteiger partial charge on any atom is -0.359 e. The van der Waals surface area contributed by atoms with Gasteiger partial charge in [-0.05, 0) is 50.5 Å². The van der Waals surface area contributed by atoms with Gasteiger partial charge in [0, 0.05) is 11.3 Å². The van der Waals surface area contributed by atoms with Gasteiger partial charge in [-0.3, -0.25) is 4.99 Å². The lowest BCUT2D eigenvalue weighted by Gasteiger charge is -2.35. The van der Waals surface area contributed by atoms with Crippen LogP contribution in [0.3, 0.4) is 0 Å². The zero-order valence-corrected chi connectivity index (χ0v) is 14.0. The summed E-state index contributed by atoms with van der Waals surface area (Å²) in [5, 5.41) is 4.93. The number of nitrogens with one attached hydrogen (secondary N) is 1. The number of benzene rings is 1. The topological polar surface area (TPSA) is 24.4 Å². The molecule has 0 amide bonds. The number of thioether (sulfide) groups is 1. The van der Waals surface area contributed by atoms with E-state index >= 15 is 0 Å². The van der Waals surface area contributed by atoms with E-state index in [9.17, 15) is 0 Å². The number of amidine groups is 1. The van der Waals surface area contributed by atoms with Crippen LogP contribution in [0.15, 0.2) is 35.3 Å². The highest BCUT2D eigenvalue weighted by Gasteiger charge is 2.39. The van der Waals surface area contributed by atoms with Crippen LogP contribution in [0.5, 0.6) is 0 Å². The monoisotopic (exact) mass is 302 g/mol. The van der Waals surface area contributed by atoms with Gasteiger partial charge in [-0.25, -0.2) is 0 Å². The van der Waals surface area contributed by atoms with Crippen molar-refractivity contribution in [3.8, 4) is 0 Å². The van der Waals surface area contributed by atoms with E-state index < -0.39 is 0 Å². The Kier molecular flexibility index (Phi) is 4.58. The van der Waals surface area contributed by atoms with Crippen molar-refractivity contribution in [1.82, 2.24) is 5.32 Å². The van der Waals surface area contributed by atoms with Gasteiger partial charge in [0.05, 0.1) is 6.04 Å². The summed E-state index contributed by atoms with van der Waals surface area (Å²) >= 11 is 1.93. The van der Waals surface area contributed by atoms with E-state index in [4.69, 9.17) is 4.99 Å². The second-order valence-corrected chi connectivity index (χ2v) is 7.81. The van der Waals surface area contributed by atoms with Gasteiger partial charge in [-0.15, -0.1) is 0 Å². The number of rotatable bonds is 3. The maximum atomic E-state index is 4.91. The van der Waals surface area contributed by atoms with Crippen LogP contribution >= 0.6 is 11.8 Å². The summed E-state index contributed by atoms with van der Waals surface area (Å²) in [7, 11) is 0. The molecule has 2 fully saturated rings. The summed E-state index contributed by atoms with van der Waals surface area (Å²) in [6.07, 6.45) is 6.37. The average molecular weight is 302 g/mol. The molecule has 1 saturated carbocycles. The van der Waals surface area contributed by atoms with Gasteiger partial charge in [0.2, 0.25) is 0 Å². The van der Waals surface area contributed by atoms with Gasteiger partial charge in [0.1, 0.15) is 0 Å². The van der Waals surface area contributed by atoms with E-state index in [2.05, 4.69) is 49.5 Å². The maximum absolute atomic E-state index is 4.91. The maximum Gasteiger partial charge on any atom is 0.157 e. The van der Waals surface area contributed by atoms with Gasteiger partial charge < -0.3 is 5.32 Å². The Bertz CT molecular complexity index is 489. The quantitative estimate of drug-likeness (QED) is 0.902. The first-order valence-electron chi connectivity index (χ1n) is 8.18. The Labute approximate surface area is 132 Å². The molecule has 1 atom stereocenters. The minimum atomic E-state index is 0.347. The molecule has 1 heterocycles. The molecular weight excluding hydrogens is 276 g/mol. The van der Waals surface area contributed by atoms with Crippen molar-refractivity contribution in [3.63, 3.8) is 0 Å². The van der Waals surface area contributed by atoms with Crippen molar-refractivity contribution in [2.24, 2.45) is 10.9 Å². The van der Waals surface area contributed by atoms with E-state index in [1.54, 1.807) is 0 Å². The predicted octanol–water partition coefficient (Wildman–Crippen LogP) is 4.26. The zero-order chi connectivity index (χ0) is 14.7. The van der Waals surface area contributed by atoms with Gasteiger partial charge in [0.25, 0.3) is 0 Å². The third-order valence-electron chi connectivity index (χ3n) is 4.80. The number of hydrogen-bond acceptors (Lipinski definition) is 2. The van der Waals surface area contributed by atoms with Crippen LogP contribution < -0.4 is 5.32 Å². The Morgan fingerprint density at radius 2 is 2.00 bits per heavy atom. The highest BCUT2D eigenvalue weighted by molar-refractivity contribution is 8.14. The van der Waals surface area contributed by atoms with E-state index in [1.165, 1.54) is 42.2 Å². The Morgan fingerprint density at radius 1 is 1.29 bits per heavy atom. The summed E-state index contributed by atoms with van der Waals surface area (Å²) in [5.74, 6) is 2.11. The molecule has 1 unspecified atom stereocenters. The van der Waals surface area contributed by atoms with Crippen molar-refractivity contribution in [1.29, 1.82) is 0 Å². The van der Waals surface area contributed by atoms with Crippen LogP contribution in [0.1, 0.15) is 45.1 Å². The van der Waals surface area contributed by atoms with Gasteiger partial charge in [0.15, 0.2) is 5.17 Å². The molecule has 3 heteroatoms. The molecule has 0 aromatic heterocycles. The molecule has 2 nitrogen and oxygen atoms in total. The summed E-state index contributed by atoms with van der Waals surface area (Å²) < 4.78 is 0. The molecule has 2 aliphatic rings. The van der Waals surface area contributed by atoms with Gasteiger partial charge in [-0.1, -0.05) is 49.0 Å². The molecule has 1 saturated heterocycles. The average Bonchev–Trinajstić information content (AvgIpc) is 2.86. The first-order valence-corrected chi connectivity index (χ1v) is 9.16. The summed E-state index contributed by atoms with van der Waals surface area (Å²) in [6, 6.07) is 11.0. The highest BCUT2D eigenvalue weighted by atomic mass is 32.2. The molecule has 1 aliphatic carbocycles. The molecule has 3 rings (SSSR count). The molecule has 114 valence electrons. The fourth-order valence-electron chi connectivity index (χ4n) is 3.36. The van der Waals surface area contributed by atoms with Crippen LogP contribution in [0.2, 0.25) is 0 Å². The Balaban J connectivity index is 1.58. The molecule has 21 heavy (non-hydrogen) atoms. The summed E-state index contributed by atoms with van der Waals surface area (Å²) in [5.41, 5.74) is 1.72. The van der Waals surface area contributed by atoms with E-state index in [1.807, 2.05) is 11.8 Å². The first-order chi connectivity index (χ1) is 10.2. The summed E-state index contributed by atoms with van der Waals surface area (Å²) in [4.78, 5) is 4.91. The third kappa shape index (κ3) is 3.82. The molecular formula is C18H26N2S. The van der Waals surface area contributed by atoms with E-state index in [0.29, 0.717) is 11.6 Å². The largest absolute Gasteiger partial charge is 0.359 e. The molecule has 1 aliphatic heterocycles. The molecule has 1 aromatic rings. The normalized spacial score (nSPS) is 32.3. The van der Waals surface area contributed by atoms with Gasteiger partial charge in [-0.2, -0.15) is 0 Å². The molecule has 1 aromatic carbocycles. The SMILES string of the molecule is CC1CCC2(CC1)CSC(=NC(C)Cc1ccccc1)N2. The standard InChI is InChI=1S/C18H26N2S/c1-14-8-10-18(11-9-14)13-21-17(20-18)19-15(2)12-16-6-4-3-5-7-16/h3-7,14-15H,8-13H2,1-2H3,(H,19,20). The highest BCUT2D eigenvalue weighted by Crippen LogP contribution is 2.38. The fraction of sp³-hybridized carbons (Fsp3) is 0.611. The Hall–Kier alpha value is -0.960. The van der Waals surface area contributed by atoms with Crippen molar-refractivity contribution in [3.05, 3.63) is 35.9 Å². The van der Waals surface area contributed by atoms with Crippen LogP contribution in [-0.4, -0.2) is 22.5 Å². The minimum absolute atomic E-state index is 0.347. The molecule has 1 spiro atoms. The fourth-order valence-corrected chi connectivity index (χ4v) is 4.68. The Morgan fingerprint density at radius 3 is 2.71 bits per heavy atom. The summed E-state index contributed by atoms with van der Waals surface area (Å²) in [6.45, 7) is 4.60. The predicted molar refractivity (Wildman–Crippen MR) is 93.0 cm³/mol. The number of nitrogens with zero attached hydrogens (tertiary/aromatic N) is 1. The van der Waals surface area contributed by atoms with Crippen molar-refractivity contribution >= 4 is 16.9 Å². The third-order valence-corrected chi connectivity index (χ3v) is 5.98. The van der Waals surface area contributed by atoms with E-state index in [0.717, 1.165) is 12.3 Å². The zero-order valence-electron chi connectivity index (χ0n) is 13.1. The van der Waals surface area contributed by atoms with E-state index in [-0.39, 0.29) is 0 Å². The molecule has 1 N–H and O–H groups in total. The van der Waals surface area contributed by atoms with Gasteiger partial charge >= 0.3 is 0 Å². The van der Waals surface area contributed by atoms with Crippen molar-refractivity contribution in [2.45, 2.75) is 57.5 Å². The lowest BCUT2D eigenvalue weighted by atomic mass is 9.78. The second-order valence-electron chi connectivity index (χ2n) is 6.85. The lowest BCUT2D eigenvalue weighted by Crippen LogP contribution is -2.46. The second kappa shape index (κ2) is 6.43. The number of hydrogen-bond donors (Lipinski definition) is 1. The lowest BCUT2D eigenvalue weighted by molar-refractivity contribution is 0.250. The number of aliphatic imine (C=N–C) groups is 1. The van der Waals surface area contributed by atoms with Crippen LogP contribution in [0.4, 0.5) is 0 Å². The van der Waals surface area contributed by atoms with Crippen molar-refractivity contribution < 1.29 is 0 Å². The first kappa shape index (κ1) is 15.0. The van der Waals surface area contributed by atoms with Crippen LogP contribution in [-0.2, 0) is 6.42 Å².